The highest BCUT2D eigenvalue weighted by atomic mass is 35.5. The summed E-state index contributed by atoms with van der Waals surface area (Å²) in [6, 6.07) is 6.27. The number of unbranched alkanes of at least 4 members (excludes halogenated alkanes) is 1. The van der Waals surface area contributed by atoms with Crippen molar-refractivity contribution in [2.24, 2.45) is 5.92 Å². The van der Waals surface area contributed by atoms with Crippen LogP contribution < -0.4 is 10.1 Å². The molecule has 0 saturated carbocycles. The molecule has 3 aromatic rings. The Morgan fingerprint density at radius 1 is 1.03 bits per heavy atom. The zero-order valence-electron chi connectivity index (χ0n) is 19.7. The van der Waals surface area contributed by atoms with Gasteiger partial charge in [0.25, 0.3) is 0 Å². The van der Waals surface area contributed by atoms with E-state index in [4.69, 9.17) is 4.74 Å². The lowest BCUT2D eigenvalue weighted by Gasteiger charge is -2.31. The van der Waals surface area contributed by atoms with E-state index in [9.17, 15) is 4.39 Å². The van der Waals surface area contributed by atoms with Crippen molar-refractivity contribution >= 4 is 41.8 Å². The normalized spacial score (nSPS) is 14.4. The lowest BCUT2D eigenvalue weighted by Crippen LogP contribution is -2.36. The number of aromatic nitrogens is 4. The van der Waals surface area contributed by atoms with Gasteiger partial charge < -0.3 is 19.5 Å². The first-order chi connectivity index (χ1) is 15.7. The Labute approximate surface area is 213 Å². The average molecular weight is 513 g/mol. The second-order valence-corrected chi connectivity index (χ2v) is 8.52. The summed E-state index contributed by atoms with van der Waals surface area (Å²) in [5.41, 5.74) is 1.75. The summed E-state index contributed by atoms with van der Waals surface area (Å²) in [5.74, 6) is 1.90. The third-order valence-corrected chi connectivity index (χ3v) is 6.10. The van der Waals surface area contributed by atoms with Crippen LogP contribution in [0.4, 0.5) is 10.2 Å². The molecule has 7 nitrogen and oxygen atoms in total. The average Bonchev–Trinajstić information content (AvgIpc) is 3.24. The fourth-order valence-electron chi connectivity index (χ4n) is 4.14. The molecule has 188 valence electrons. The Balaban J connectivity index is 0.00000204. The van der Waals surface area contributed by atoms with E-state index in [0.29, 0.717) is 12.5 Å². The lowest BCUT2D eigenvalue weighted by molar-refractivity contribution is 0.139. The van der Waals surface area contributed by atoms with E-state index in [1.807, 2.05) is 6.33 Å². The number of hydrogen-bond acceptors (Lipinski definition) is 6. The number of fused-ring (bicyclic) bond motifs is 1. The Kier molecular flexibility index (Phi) is 11.8. The summed E-state index contributed by atoms with van der Waals surface area (Å²) in [6.07, 6.45) is 9.08. The molecule has 0 unspecified atom stereocenters. The van der Waals surface area contributed by atoms with Crippen LogP contribution in [0.2, 0.25) is 0 Å². The van der Waals surface area contributed by atoms with Gasteiger partial charge in [-0.1, -0.05) is 13.3 Å². The lowest BCUT2D eigenvalue weighted by atomic mass is 9.97. The molecule has 0 aliphatic carbocycles. The van der Waals surface area contributed by atoms with Crippen LogP contribution in [0.5, 0.6) is 5.75 Å². The minimum Gasteiger partial charge on any atom is -0.493 e. The molecule has 0 amide bonds. The quantitative estimate of drug-likeness (QED) is 0.356. The Morgan fingerprint density at radius 2 is 1.79 bits per heavy atom. The predicted octanol–water partition coefficient (Wildman–Crippen LogP) is 5.20. The molecule has 1 aliphatic heterocycles. The summed E-state index contributed by atoms with van der Waals surface area (Å²) < 4.78 is 21.0. The number of rotatable bonds is 11. The molecule has 0 spiro atoms. The highest BCUT2D eigenvalue weighted by Gasteiger charge is 2.19. The standard InChI is InChI=1S/C24H33FN6O.2ClH/c1-2-3-11-26-23-22-24(28-17-27-23)31(18-29-22)13-4-12-30-14-9-19(10-15-30)16-32-21-7-5-20(25)6-8-21;;/h5-8,17-19H,2-4,9-16H2,1H3,(H,26,27,28);2*1H. The number of piperidine rings is 1. The third-order valence-electron chi connectivity index (χ3n) is 6.10. The van der Waals surface area contributed by atoms with Crippen LogP contribution >= 0.6 is 24.8 Å². The van der Waals surface area contributed by atoms with Crippen LogP contribution in [0.25, 0.3) is 11.2 Å². The summed E-state index contributed by atoms with van der Waals surface area (Å²) in [5, 5.41) is 3.37. The predicted molar refractivity (Wildman–Crippen MR) is 139 cm³/mol. The van der Waals surface area contributed by atoms with Gasteiger partial charge in [0.1, 0.15) is 23.4 Å². The van der Waals surface area contributed by atoms with Crippen molar-refractivity contribution in [1.29, 1.82) is 0 Å². The van der Waals surface area contributed by atoms with Gasteiger partial charge in [0.15, 0.2) is 11.5 Å². The molecule has 34 heavy (non-hydrogen) atoms. The van der Waals surface area contributed by atoms with Crippen molar-refractivity contribution < 1.29 is 9.13 Å². The van der Waals surface area contributed by atoms with Crippen molar-refractivity contribution in [3.05, 3.63) is 42.7 Å². The first-order valence-electron chi connectivity index (χ1n) is 11.7. The number of halogens is 3. The first-order valence-corrected chi connectivity index (χ1v) is 11.7. The Morgan fingerprint density at radius 3 is 2.53 bits per heavy atom. The maximum Gasteiger partial charge on any atom is 0.165 e. The first kappa shape index (κ1) is 28.1. The molecule has 1 aromatic carbocycles. The van der Waals surface area contributed by atoms with Gasteiger partial charge >= 0.3 is 0 Å². The monoisotopic (exact) mass is 512 g/mol. The fraction of sp³-hybridized carbons (Fsp3) is 0.542. The van der Waals surface area contributed by atoms with Gasteiger partial charge in [0.05, 0.1) is 12.9 Å². The summed E-state index contributed by atoms with van der Waals surface area (Å²) in [7, 11) is 0. The van der Waals surface area contributed by atoms with E-state index in [1.54, 1.807) is 18.5 Å². The number of nitrogens with one attached hydrogen (secondary N) is 1. The number of benzene rings is 1. The summed E-state index contributed by atoms with van der Waals surface area (Å²) >= 11 is 0. The highest BCUT2D eigenvalue weighted by molar-refractivity contribution is 5.85. The summed E-state index contributed by atoms with van der Waals surface area (Å²) in [6.45, 7) is 7.93. The number of ether oxygens (including phenoxy) is 1. The SMILES string of the molecule is CCCCNc1ncnc2c1ncn2CCCN1CCC(COc2ccc(F)cc2)CC1.Cl.Cl. The van der Waals surface area contributed by atoms with E-state index in [0.717, 1.165) is 87.6 Å². The molecule has 0 radical (unpaired) electrons. The van der Waals surface area contributed by atoms with Gasteiger partial charge in [-0.05, 0) is 75.5 Å². The summed E-state index contributed by atoms with van der Waals surface area (Å²) in [4.78, 5) is 15.9. The molecule has 4 rings (SSSR count). The van der Waals surface area contributed by atoms with Crippen LogP contribution in [0.1, 0.15) is 39.0 Å². The topological polar surface area (TPSA) is 68.1 Å². The number of imidazole rings is 1. The van der Waals surface area contributed by atoms with Crippen molar-refractivity contribution in [3.63, 3.8) is 0 Å². The van der Waals surface area contributed by atoms with Gasteiger partial charge in [-0.15, -0.1) is 24.8 Å². The van der Waals surface area contributed by atoms with Crippen LogP contribution in [-0.2, 0) is 6.54 Å². The van der Waals surface area contributed by atoms with Crippen LogP contribution in [0, 0.1) is 11.7 Å². The van der Waals surface area contributed by atoms with Gasteiger partial charge in [-0.2, -0.15) is 0 Å². The van der Waals surface area contributed by atoms with E-state index >= 15 is 0 Å². The van der Waals surface area contributed by atoms with E-state index < -0.39 is 0 Å². The molecular weight excluding hydrogens is 478 g/mol. The van der Waals surface area contributed by atoms with Crippen LogP contribution in [0.15, 0.2) is 36.9 Å². The van der Waals surface area contributed by atoms with Gasteiger partial charge in [-0.25, -0.2) is 19.3 Å². The Hall–Kier alpha value is -2.16. The number of anilines is 1. The smallest absolute Gasteiger partial charge is 0.165 e. The van der Waals surface area contributed by atoms with Crippen molar-refractivity contribution in [1.82, 2.24) is 24.4 Å². The molecular formula is C24H35Cl2FN6O. The molecule has 10 heteroatoms. The largest absolute Gasteiger partial charge is 0.493 e. The highest BCUT2D eigenvalue weighted by Crippen LogP contribution is 2.21. The van der Waals surface area contributed by atoms with Gasteiger partial charge in [-0.3, -0.25) is 0 Å². The zero-order valence-corrected chi connectivity index (χ0v) is 21.3. The van der Waals surface area contributed by atoms with E-state index in [2.05, 4.69) is 36.7 Å². The molecule has 1 aliphatic rings. The van der Waals surface area contributed by atoms with Crippen LogP contribution in [-0.4, -0.2) is 57.2 Å². The maximum absolute atomic E-state index is 13.0. The minimum atomic E-state index is -0.231. The van der Waals surface area contributed by atoms with E-state index in [-0.39, 0.29) is 30.6 Å². The third kappa shape index (κ3) is 7.68. The van der Waals surface area contributed by atoms with Crippen LogP contribution in [0.3, 0.4) is 0 Å². The molecule has 0 atom stereocenters. The van der Waals surface area contributed by atoms with Gasteiger partial charge in [0.2, 0.25) is 0 Å². The molecule has 1 N–H and O–H groups in total. The maximum atomic E-state index is 13.0. The second kappa shape index (κ2) is 14.3. The second-order valence-electron chi connectivity index (χ2n) is 8.52. The fourth-order valence-corrected chi connectivity index (χ4v) is 4.14. The molecule has 1 fully saturated rings. The van der Waals surface area contributed by atoms with Crippen molar-refractivity contribution in [3.8, 4) is 5.75 Å². The number of aryl methyl sites for hydroxylation is 1. The minimum absolute atomic E-state index is 0. The van der Waals surface area contributed by atoms with Gasteiger partial charge in [0, 0.05) is 13.1 Å². The molecule has 3 heterocycles. The van der Waals surface area contributed by atoms with Crippen molar-refractivity contribution in [2.45, 2.75) is 45.6 Å². The number of hydrogen-bond donors (Lipinski definition) is 1. The van der Waals surface area contributed by atoms with E-state index in [1.165, 1.54) is 12.1 Å². The molecule has 1 saturated heterocycles. The Bertz CT molecular complexity index is 979. The number of likely N-dealkylation sites (tertiary alicyclic amines) is 1. The zero-order chi connectivity index (χ0) is 22.2. The molecule has 2 aromatic heterocycles. The molecule has 0 bridgehead atoms. The number of nitrogens with zero attached hydrogens (tertiary/aromatic N) is 5. The van der Waals surface area contributed by atoms with Crippen molar-refractivity contribution in [2.75, 3.05) is 38.1 Å².